The van der Waals surface area contributed by atoms with Crippen LogP contribution < -0.4 is 10.2 Å². The number of urea groups is 1. The molecule has 4 nitrogen and oxygen atoms in total. The third-order valence-electron chi connectivity index (χ3n) is 5.01. The number of carbonyl (C=O) groups is 1. The summed E-state index contributed by atoms with van der Waals surface area (Å²) in [6.45, 7) is 0.790. The van der Waals surface area contributed by atoms with Crippen LogP contribution in [0.15, 0.2) is 24.3 Å². The zero-order valence-corrected chi connectivity index (χ0v) is 13.7. The summed E-state index contributed by atoms with van der Waals surface area (Å²) < 4.78 is 0. The van der Waals surface area contributed by atoms with Gasteiger partial charge in [-0.15, -0.1) is 0 Å². The van der Waals surface area contributed by atoms with E-state index in [-0.39, 0.29) is 6.03 Å². The minimum absolute atomic E-state index is 0.0801. The summed E-state index contributed by atoms with van der Waals surface area (Å²) in [6, 6.07) is 9.16. The predicted octanol–water partition coefficient (Wildman–Crippen LogP) is 3.54. The summed E-state index contributed by atoms with van der Waals surface area (Å²) in [5.74, 6) is 0. The van der Waals surface area contributed by atoms with Gasteiger partial charge in [0, 0.05) is 18.6 Å². The molecule has 1 fully saturated rings. The second-order valence-electron chi connectivity index (χ2n) is 6.76. The molecule has 1 aromatic rings. The lowest BCUT2D eigenvalue weighted by Gasteiger charge is -2.38. The molecule has 1 aliphatic carbocycles. The standard InChI is InChI=1S/C18H27N3O/c1-20(2)16-12-13-21(17-11-7-6-10-15(16)17)18(22)19-14-8-4-3-5-9-14/h6-7,10-11,14,16H,3-5,8-9,12-13H2,1-2H3,(H,19,22). The van der Waals surface area contributed by atoms with Crippen molar-refractivity contribution in [2.45, 2.75) is 50.6 Å². The monoisotopic (exact) mass is 301 g/mol. The summed E-state index contributed by atoms with van der Waals surface area (Å²) >= 11 is 0. The molecule has 0 saturated heterocycles. The summed E-state index contributed by atoms with van der Waals surface area (Å²) in [6.07, 6.45) is 7.03. The van der Waals surface area contributed by atoms with Crippen molar-refractivity contribution in [2.75, 3.05) is 25.5 Å². The van der Waals surface area contributed by atoms with E-state index in [1.54, 1.807) is 0 Å². The van der Waals surface area contributed by atoms with Gasteiger partial charge in [0.2, 0.25) is 0 Å². The number of amides is 2. The Morgan fingerprint density at radius 3 is 2.59 bits per heavy atom. The average Bonchev–Trinajstić information content (AvgIpc) is 2.54. The molecule has 1 N–H and O–H groups in total. The summed E-state index contributed by atoms with van der Waals surface area (Å²) in [5.41, 5.74) is 2.33. The molecule has 0 radical (unpaired) electrons. The zero-order chi connectivity index (χ0) is 15.5. The van der Waals surface area contributed by atoms with Crippen LogP contribution in [0.25, 0.3) is 0 Å². The topological polar surface area (TPSA) is 35.6 Å². The Labute approximate surface area is 133 Å². The van der Waals surface area contributed by atoms with Crippen LogP contribution in [0.2, 0.25) is 0 Å². The third-order valence-corrected chi connectivity index (χ3v) is 5.01. The van der Waals surface area contributed by atoms with Crippen LogP contribution in [-0.4, -0.2) is 37.6 Å². The molecule has 1 unspecified atom stereocenters. The first kappa shape index (κ1) is 15.3. The van der Waals surface area contributed by atoms with Crippen LogP contribution >= 0.6 is 0 Å². The van der Waals surface area contributed by atoms with Gasteiger partial charge in [0.05, 0.1) is 5.69 Å². The van der Waals surface area contributed by atoms with Crippen molar-refractivity contribution in [3.8, 4) is 0 Å². The van der Waals surface area contributed by atoms with Crippen molar-refractivity contribution < 1.29 is 4.79 Å². The van der Waals surface area contributed by atoms with Crippen molar-refractivity contribution in [3.05, 3.63) is 29.8 Å². The molecule has 1 aromatic carbocycles. The van der Waals surface area contributed by atoms with E-state index in [2.05, 4.69) is 42.5 Å². The molecular formula is C18H27N3O. The third kappa shape index (κ3) is 3.12. The summed E-state index contributed by atoms with van der Waals surface area (Å²) in [4.78, 5) is 16.9. The fourth-order valence-corrected chi connectivity index (χ4v) is 3.79. The number of nitrogens with one attached hydrogen (secondary N) is 1. The molecule has 120 valence electrons. The first-order valence-corrected chi connectivity index (χ1v) is 8.50. The van der Waals surface area contributed by atoms with Gasteiger partial charge < -0.3 is 10.2 Å². The first-order chi connectivity index (χ1) is 10.7. The van der Waals surface area contributed by atoms with Gasteiger partial charge in [0.25, 0.3) is 0 Å². The second-order valence-corrected chi connectivity index (χ2v) is 6.76. The van der Waals surface area contributed by atoms with Gasteiger partial charge in [-0.2, -0.15) is 0 Å². The second kappa shape index (κ2) is 6.69. The molecule has 1 aliphatic heterocycles. The molecule has 1 heterocycles. The molecule has 0 bridgehead atoms. The lowest BCUT2D eigenvalue weighted by Crippen LogP contribution is -2.48. The maximum Gasteiger partial charge on any atom is 0.322 e. The van der Waals surface area contributed by atoms with E-state index < -0.39 is 0 Å². The molecule has 22 heavy (non-hydrogen) atoms. The maximum absolute atomic E-state index is 12.7. The number of benzene rings is 1. The van der Waals surface area contributed by atoms with Gasteiger partial charge in [-0.25, -0.2) is 4.79 Å². The fourth-order valence-electron chi connectivity index (χ4n) is 3.79. The van der Waals surface area contributed by atoms with Crippen LogP contribution in [-0.2, 0) is 0 Å². The van der Waals surface area contributed by atoms with Crippen LogP contribution in [0.3, 0.4) is 0 Å². The smallest absolute Gasteiger partial charge is 0.322 e. The molecule has 0 spiro atoms. The predicted molar refractivity (Wildman–Crippen MR) is 90.2 cm³/mol. The molecule has 0 aromatic heterocycles. The van der Waals surface area contributed by atoms with Gasteiger partial charge in [-0.3, -0.25) is 4.90 Å². The SMILES string of the molecule is CN(C)C1CCN(C(=O)NC2CCCCC2)c2ccccc21. The number of para-hydroxylation sites is 1. The minimum Gasteiger partial charge on any atom is -0.335 e. The molecule has 2 amide bonds. The molecule has 2 aliphatic rings. The largest absolute Gasteiger partial charge is 0.335 e. The summed E-state index contributed by atoms with van der Waals surface area (Å²) in [5, 5.41) is 3.25. The lowest BCUT2D eigenvalue weighted by atomic mass is 9.94. The van der Waals surface area contributed by atoms with E-state index >= 15 is 0 Å². The van der Waals surface area contributed by atoms with Crippen LogP contribution in [0.1, 0.15) is 50.1 Å². The Balaban J connectivity index is 1.76. The number of anilines is 1. The van der Waals surface area contributed by atoms with E-state index in [9.17, 15) is 4.79 Å². The highest BCUT2D eigenvalue weighted by molar-refractivity contribution is 5.93. The molecular weight excluding hydrogens is 274 g/mol. The quantitative estimate of drug-likeness (QED) is 0.907. The number of rotatable bonds is 2. The Morgan fingerprint density at radius 1 is 1.14 bits per heavy atom. The highest BCUT2D eigenvalue weighted by Gasteiger charge is 2.30. The number of fused-ring (bicyclic) bond motifs is 1. The fraction of sp³-hybridized carbons (Fsp3) is 0.611. The van der Waals surface area contributed by atoms with Crippen LogP contribution in [0, 0.1) is 0 Å². The van der Waals surface area contributed by atoms with Crippen molar-refractivity contribution in [1.82, 2.24) is 10.2 Å². The van der Waals surface area contributed by atoms with Crippen molar-refractivity contribution in [1.29, 1.82) is 0 Å². The van der Waals surface area contributed by atoms with E-state index in [0.717, 1.165) is 31.5 Å². The average molecular weight is 301 g/mol. The number of hydrogen-bond donors (Lipinski definition) is 1. The Morgan fingerprint density at radius 2 is 1.86 bits per heavy atom. The van der Waals surface area contributed by atoms with E-state index in [4.69, 9.17) is 0 Å². The molecule has 3 rings (SSSR count). The van der Waals surface area contributed by atoms with Gasteiger partial charge >= 0.3 is 6.03 Å². The highest BCUT2D eigenvalue weighted by atomic mass is 16.2. The van der Waals surface area contributed by atoms with Gasteiger partial charge in [-0.1, -0.05) is 37.5 Å². The Bertz CT molecular complexity index is 523. The number of hydrogen-bond acceptors (Lipinski definition) is 2. The van der Waals surface area contributed by atoms with Gasteiger partial charge in [0.1, 0.15) is 0 Å². The van der Waals surface area contributed by atoms with Gasteiger partial charge in [0.15, 0.2) is 0 Å². The van der Waals surface area contributed by atoms with Crippen molar-refractivity contribution in [2.24, 2.45) is 0 Å². The van der Waals surface area contributed by atoms with Crippen molar-refractivity contribution >= 4 is 11.7 Å². The molecule has 1 saturated carbocycles. The lowest BCUT2D eigenvalue weighted by molar-refractivity contribution is 0.233. The van der Waals surface area contributed by atoms with E-state index in [1.807, 2.05) is 11.0 Å². The number of carbonyl (C=O) groups excluding carboxylic acids is 1. The van der Waals surface area contributed by atoms with E-state index in [1.165, 1.54) is 24.8 Å². The van der Waals surface area contributed by atoms with Gasteiger partial charge in [-0.05, 0) is 45.0 Å². The number of nitrogens with zero attached hydrogens (tertiary/aromatic N) is 2. The zero-order valence-electron chi connectivity index (χ0n) is 13.7. The van der Waals surface area contributed by atoms with Crippen molar-refractivity contribution in [3.63, 3.8) is 0 Å². The highest BCUT2D eigenvalue weighted by Crippen LogP contribution is 2.36. The first-order valence-electron chi connectivity index (χ1n) is 8.50. The normalized spacial score (nSPS) is 22.5. The van der Waals surface area contributed by atoms with E-state index in [0.29, 0.717) is 12.1 Å². The van der Waals surface area contributed by atoms with Crippen LogP contribution in [0.5, 0.6) is 0 Å². The molecule has 4 heteroatoms. The summed E-state index contributed by atoms with van der Waals surface area (Å²) in [7, 11) is 4.22. The van der Waals surface area contributed by atoms with Crippen LogP contribution in [0.4, 0.5) is 10.5 Å². The maximum atomic E-state index is 12.7. The Kier molecular flexibility index (Phi) is 4.67. The Hall–Kier alpha value is -1.55. The minimum atomic E-state index is 0.0801. The molecule has 1 atom stereocenters.